The van der Waals surface area contributed by atoms with Crippen LogP contribution in [-0.2, 0) is 6.18 Å². The number of amides is 1. The van der Waals surface area contributed by atoms with E-state index in [0.29, 0.717) is 38.2 Å². The summed E-state index contributed by atoms with van der Waals surface area (Å²) in [4.78, 5) is 27.8. The molecule has 2 aromatic rings. The summed E-state index contributed by atoms with van der Waals surface area (Å²) in [6.45, 7) is 5.15. The largest absolute Gasteiger partial charge is 0.433 e. The molecule has 2 aromatic heterocycles. The quantitative estimate of drug-likeness (QED) is 0.803. The molecular formula is C18H20F3N5O. The Morgan fingerprint density at radius 1 is 1.04 bits per heavy atom. The van der Waals surface area contributed by atoms with Crippen molar-refractivity contribution in [2.24, 2.45) is 0 Å². The van der Waals surface area contributed by atoms with Gasteiger partial charge in [0.05, 0.1) is 5.56 Å². The zero-order valence-electron chi connectivity index (χ0n) is 15.1. The Labute approximate surface area is 155 Å². The summed E-state index contributed by atoms with van der Waals surface area (Å²) in [5.41, 5.74) is 0.460. The molecule has 144 valence electrons. The zero-order chi connectivity index (χ0) is 19.6. The molecule has 0 aromatic carbocycles. The normalized spacial score (nSPS) is 15.6. The first kappa shape index (κ1) is 19.1. The first-order valence-corrected chi connectivity index (χ1v) is 8.63. The average molecular weight is 379 g/mol. The number of pyridine rings is 1. The predicted molar refractivity (Wildman–Crippen MR) is 93.5 cm³/mol. The minimum absolute atomic E-state index is 0.0721. The number of rotatable bonds is 2. The highest BCUT2D eigenvalue weighted by atomic mass is 19.4. The van der Waals surface area contributed by atoms with Crippen molar-refractivity contribution in [3.8, 4) is 0 Å². The SMILES string of the molecule is Cc1cncc(C(=O)N2CCCN(c3cc(C(F)(F)F)nc(C)n3)CC2)c1. The van der Waals surface area contributed by atoms with E-state index in [2.05, 4.69) is 15.0 Å². The van der Waals surface area contributed by atoms with Crippen LogP contribution in [0.4, 0.5) is 19.0 Å². The van der Waals surface area contributed by atoms with Gasteiger partial charge in [0.25, 0.3) is 5.91 Å². The summed E-state index contributed by atoms with van der Waals surface area (Å²) in [5.74, 6) is 0.187. The summed E-state index contributed by atoms with van der Waals surface area (Å²) >= 11 is 0. The maximum Gasteiger partial charge on any atom is 0.433 e. The molecule has 0 bridgehead atoms. The van der Waals surface area contributed by atoms with Crippen molar-refractivity contribution in [3.63, 3.8) is 0 Å². The lowest BCUT2D eigenvalue weighted by atomic mass is 10.2. The second kappa shape index (κ2) is 7.50. The number of hydrogen-bond donors (Lipinski definition) is 0. The number of hydrogen-bond acceptors (Lipinski definition) is 5. The number of halogens is 3. The van der Waals surface area contributed by atoms with E-state index in [1.807, 2.05) is 6.92 Å². The molecule has 1 aliphatic heterocycles. The van der Waals surface area contributed by atoms with Crippen molar-refractivity contribution >= 4 is 11.7 Å². The molecule has 0 unspecified atom stereocenters. The van der Waals surface area contributed by atoms with Gasteiger partial charge in [-0.05, 0) is 31.9 Å². The molecule has 1 saturated heterocycles. The summed E-state index contributed by atoms with van der Waals surface area (Å²) < 4.78 is 39.0. The smallest absolute Gasteiger partial charge is 0.355 e. The molecular weight excluding hydrogens is 359 g/mol. The van der Waals surface area contributed by atoms with E-state index < -0.39 is 11.9 Å². The van der Waals surface area contributed by atoms with E-state index in [4.69, 9.17) is 0 Å². The third-order valence-corrected chi connectivity index (χ3v) is 4.34. The van der Waals surface area contributed by atoms with E-state index in [0.717, 1.165) is 11.6 Å². The maximum absolute atomic E-state index is 13.0. The van der Waals surface area contributed by atoms with Gasteiger partial charge in [-0.1, -0.05) is 0 Å². The van der Waals surface area contributed by atoms with Gasteiger partial charge in [-0.2, -0.15) is 13.2 Å². The van der Waals surface area contributed by atoms with E-state index in [1.54, 1.807) is 22.1 Å². The zero-order valence-corrected chi connectivity index (χ0v) is 15.1. The highest BCUT2D eigenvalue weighted by molar-refractivity contribution is 5.94. The molecule has 9 heteroatoms. The minimum Gasteiger partial charge on any atom is -0.355 e. The van der Waals surface area contributed by atoms with Crippen LogP contribution in [0.5, 0.6) is 0 Å². The molecule has 3 heterocycles. The van der Waals surface area contributed by atoms with Gasteiger partial charge in [-0.3, -0.25) is 9.78 Å². The summed E-state index contributed by atoms with van der Waals surface area (Å²) in [6, 6.07) is 2.75. The molecule has 1 aliphatic rings. The fourth-order valence-electron chi connectivity index (χ4n) is 3.06. The third-order valence-electron chi connectivity index (χ3n) is 4.34. The fourth-order valence-corrected chi connectivity index (χ4v) is 3.06. The van der Waals surface area contributed by atoms with E-state index in [9.17, 15) is 18.0 Å². The van der Waals surface area contributed by atoms with Gasteiger partial charge in [0.2, 0.25) is 0 Å². The summed E-state index contributed by atoms with van der Waals surface area (Å²) in [5, 5.41) is 0. The molecule has 3 rings (SSSR count). The Morgan fingerprint density at radius 3 is 2.52 bits per heavy atom. The average Bonchev–Trinajstić information content (AvgIpc) is 2.86. The number of alkyl halides is 3. The van der Waals surface area contributed by atoms with Crippen LogP contribution in [0.1, 0.15) is 33.9 Å². The van der Waals surface area contributed by atoms with Crippen LogP contribution in [0.3, 0.4) is 0 Å². The number of carbonyl (C=O) groups is 1. The van der Waals surface area contributed by atoms with Crippen molar-refractivity contribution in [3.05, 3.63) is 47.2 Å². The van der Waals surface area contributed by atoms with E-state index >= 15 is 0 Å². The first-order valence-electron chi connectivity index (χ1n) is 8.63. The van der Waals surface area contributed by atoms with Crippen LogP contribution >= 0.6 is 0 Å². The number of anilines is 1. The Bertz CT molecular complexity index is 840. The standard InChI is InChI=1S/C18H20F3N5O/c1-12-8-14(11-22-10-12)17(27)26-5-3-4-25(6-7-26)16-9-15(18(19,20)21)23-13(2)24-16/h8-11H,3-7H2,1-2H3. The van der Waals surface area contributed by atoms with Gasteiger partial charge >= 0.3 is 6.18 Å². The summed E-state index contributed by atoms with van der Waals surface area (Å²) in [7, 11) is 0. The van der Waals surface area contributed by atoms with Crippen molar-refractivity contribution < 1.29 is 18.0 Å². The molecule has 0 aliphatic carbocycles. The van der Waals surface area contributed by atoms with Crippen molar-refractivity contribution in [2.45, 2.75) is 26.4 Å². The van der Waals surface area contributed by atoms with Gasteiger partial charge in [0.15, 0.2) is 0 Å². The van der Waals surface area contributed by atoms with Gasteiger partial charge in [-0.25, -0.2) is 9.97 Å². The van der Waals surface area contributed by atoms with Gasteiger partial charge in [0, 0.05) is 44.6 Å². The van der Waals surface area contributed by atoms with Crippen LogP contribution < -0.4 is 4.90 Å². The van der Waals surface area contributed by atoms with Gasteiger partial charge < -0.3 is 9.80 Å². The lowest BCUT2D eigenvalue weighted by Crippen LogP contribution is -2.35. The molecule has 0 atom stereocenters. The lowest BCUT2D eigenvalue weighted by Gasteiger charge is -2.23. The molecule has 6 nitrogen and oxygen atoms in total. The molecule has 27 heavy (non-hydrogen) atoms. The van der Waals surface area contributed by atoms with Crippen LogP contribution in [-0.4, -0.2) is 51.9 Å². The number of carbonyl (C=O) groups excluding carboxylic acids is 1. The summed E-state index contributed by atoms with van der Waals surface area (Å²) in [6.07, 6.45) is -0.679. The van der Waals surface area contributed by atoms with Crippen LogP contribution in [0.25, 0.3) is 0 Å². The second-order valence-electron chi connectivity index (χ2n) is 6.54. The van der Waals surface area contributed by atoms with E-state index in [1.165, 1.54) is 13.1 Å². The maximum atomic E-state index is 13.0. The Kier molecular flexibility index (Phi) is 5.29. The Morgan fingerprint density at radius 2 is 1.81 bits per heavy atom. The fraction of sp³-hybridized carbons (Fsp3) is 0.444. The monoisotopic (exact) mass is 379 g/mol. The third kappa shape index (κ3) is 4.53. The van der Waals surface area contributed by atoms with Crippen molar-refractivity contribution in [1.29, 1.82) is 0 Å². The highest BCUT2D eigenvalue weighted by Crippen LogP contribution is 2.30. The first-order chi connectivity index (χ1) is 12.7. The molecule has 0 N–H and O–H groups in total. The molecule has 0 spiro atoms. The number of nitrogens with zero attached hydrogens (tertiary/aromatic N) is 5. The highest BCUT2D eigenvalue weighted by Gasteiger charge is 2.34. The lowest BCUT2D eigenvalue weighted by molar-refractivity contribution is -0.141. The number of aryl methyl sites for hydroxylation is 2. The Hall–Kier alpha value is -2.71. The van der Waals surface area contributed by atoms with Gasteiger partial charge in [-0.15, -0.1) is 0 Å². The molecule has 1 fully saturated rings. The minimum atomic E-state index is -4.52. The molecule has 0 saturated carbocycles. The number of aromatic nitrogens is 3. The van der Waals surface area contributed by atoms with E-state index in [-0.39, 0.29) is 17.5 Å². The topological polar surface area (TPSA) is 62.2 Å². The van der Waals surface area contributed by atoms with Crippen LogP contribution in [0.2, 0.25) is 0 Å². The van der Waals surface area contributed by atoms with Crippen molar-refractivity contribution in [2.75, 3.05) is 31.1 Å². The predicted octanol–water partition coefficient (Wildman–Crippen LogP) is 2.86. The Balaban J connectivity index is 1.75. The van der Waals surface area contributed by atoms with Crippen LogP contribution in [0, 0.1) is 13.8 Å². The second-order valence-corrected chi connectivity index (χ2v) is 6.54. The van der Waals surface area contributed by atoms with Crippen molar-refractivity contribution in [1.82, 2.24) is 19.9 Å². The molecule has 0 radical (unpaired) electrons. The molecule has 1 amide bonds. The van der Waals surface area contributed by atoms with Crippen LogP contribution in [0.15, 0.2) is 24.5 Å². The van der Waals surface area contributed by atoms with Gasteiger partial charge in [0.1, 0.15) is 17.3 Å².